The van der Waals surface area contributed by atoms with Gasteiger partial charge in [0.25, 0.3) is 5.91 Å². The van der Waals surface area contributed by atoms with Crippen LogP contribution in [-0.2, 0) is 0 Å². The summed E-state index contributed by atoms with van der Waals surface area (Å²) in [5.74, 6) is 2.32. The van der Waals surface area contributed by atoms with Gasteiger partial charge in [0, 0.05) is 37.8 Å². The highest BCUT2D eigenvalue weighted by molar-refractivity contribution is 6.06. The maximum Gasteiger partial charge on any atom is 0.257 e. The first-order valence-corrected chi connectivity index (χ1v) is 11.4. The van der Waals surface area contributed by atoms with Gasteiger partial charge in [0.1, 0.15) is 5.75 Å². The summed E-state index contributed by atoms with van der Waals surface area (Å²) in [6.45, 7) is 2.87. The number of nitrogens with zero attached hydrogens (tertiary/aromatic N) is 3. The summed E-state index contributed by atoms with van der Waals surface area (Å²) in [5.41, 5.74) is 2.28. The number of anilines is 1. The molecule has 1 fully saturated rings. The molecule has 8 heteroatoms. The van der Waals surface area contributed by atoms with Crippen LogP contribution in [0.1, 0.15) is 10.4 Å². The number of methoxy groups -OCH3 is 3. The molecule has 1 N–H and O–H groups in total. The van der Waals surface area contributed by atoms with Crippen LogP contribution in [-0.4, -0.2) is 64.3 Å². The predicted molar refractivity (Wildman–Crippen MR) is 137 cm³/mol. The molecule has 0 aromatic heterocycles. The summed E-state index contributed by atoms with van der Waals surface area (Å²) in [4.78, 5) is 22.2. The highest BCUT2D eigenvalue weighted by Crippen LogP contribution is 2.32. The molecule has 0 unspecified atom stereocenters. The molecule has 1 heterocycles. The quantitative estimate of drug-likeness (QED) is 0.431. The Bertz CT molecular complexity index is 1170. The monoisotopic (exact) mass is 474 g/mol. The third-order valence-corrected chi connectivity index (χ3v) is 5.87. The Labute approximate surface area is 205 Å². The first kappa shape index (κ1) is 23.9. The second-order valence-corrected chi connectivity index (χ2v) is 7.94. The number of hydrogen-bond donors (Lipinski definition) is 1. The van der Waals surface area contributed by atoms with Gasteiger partial charge in [-0.25, -0.2) is 4.99 Å². The standard InChI is InChI=1S/C27H30N4O4/c1-33-23-12-8-7-11-22(23)30-15-17-31(18-16-30)27(29-26(32)20-9-5-4-6-10-20)28-21-13-14-24(34-2)25(19-21)35-3/h4-14,19H,15-18H2,1-3H3,(H,28,29,32). The molecular formula is C27H30N4O4. The van der Waals surface area contributed by atoms with Crippen LogP contribution in [0.25, 0.3) is 0 Å². The Morgan fingerprint density at radius 1 is 0.771 bits per heavy atom. The van der Waals surface area contributed by atoms with Crippen molar-refractivity contribution in [2.24, 2.45) is 4.99 Å². The van der Waals surface area contributed by atoms with Crippen LogP contribution in [0.4, 0.5) is 11.4 Å². The number of amides is 1. The number of guanidine groups is 1. The fourth-order valence-electron chi connectivity index (χ4n) is 4.01. The number of rotatable bonds is 6. The van der Waals surface area contributed by atoms with Gasteiger partial charge in [-0.15, -0.1) is 0 Å². The average Bonchev–Trinajstić information content (AvgIpc) is 2.93. The molecule has 0 radical (unpaired) electrons. The number of piperazine rings is 1. The predicted octanol–water partition coefficient (Wildman–Crippen LogP) is 3.95. The van der Waals surface area contributed by atoms with Crippen LogP contribution < -0.4 is 24.4 Å². The third-order valence-electron chi connectivity index (χ3n) is 5.87. The number of benzene rings is 3. The van der Waals surface area contributed by atoms with Crippen molar-refractivity contribution in [3.05, 3.63) is 78.4 Å². The molecule has 0 atom stereocenters. The molecule has 1 saturated heterocycles. The third kappa shape index (κ3) is 5.66. The number of hydrogen-bond acceptors (Lipinski definition) is 6. The molecule has 4 rings (SSSR count). The van der Waals surface area contributed by atoms with E-state index in [-0.39, 0.29) is 5.91 Å². The van der Waals surface area contributed by atoms with Crippen molar-refractivity contribution in [2.75, 3.05) is 52.4 Å². The fourth-order valence-corrected chi connectivity index (χ4v) is 4.01. The van der Waals surface area contributed by atoms with E-state index < -0.39 is 0 Å². The van der Waals surface area contributed by atoms with E-state index in [0.29, 0.717) is 41.8 Å². The molecule has 1 aliphatic rings. The number of ether oxygens (including phenoxy) is 3. The van der Waals surface area contributed by atoms with E-state index in [1.54, 1.807) is 45.6 Å². The van der Waals surface area contributed by atoms with Gasteiger partial charge < -0.3 is 24.0 Å². The van der Waals surface area contributed by atoms with Crippen molar-refractivity contribution in [1.29, 1.82) is 0 Å². The Morgan fingerprint density at radius 3 is 2.11 bits per heavy atom. The van der Waals surface area contributed by atoms with Crippen molar-refractivity contribution < 1.29 is 19.0 Å². The fraction of sp³-hybridized carbons (Fsp3) is 0.259. The van der Waals surface area contributed by atoms with Crippen LogP contribution in [0.5, 0.6) is 17.2 Å². The van der Waals surface area contributed by atoms with Crippen molar-refractivity contribution in [2.45, 2.75) is 0 Å². The summed E-state index contributed by atoms with van der Waals surface area (Å²) >= 11 is 0. The summed E-state index contributed by atoms with van der Waals surface area (Å²) in [6.07, 6.45) is 0. The number of aliphatic imine (C=N–C) groups is 1. The largest absolute Gasteiger partial charge is 0.495 e. The van der Waals surface area contributed by atoms with E-state index in [0.717, 1.165) is 24.5 Å². The Balaban J connectivity index is 1.58. The number of carbonyl (C=O) groups is 1. The molecule has 0 saturated carbocycles. The van der Waals surface area contributed by atoms with Gasteiger partial charge in [0.2, 0.25) is 5.96 Å². The topological polar surface area (TPSA) is 75.6 Å². The van der Waals surface area contributed by atoms with Crippen molar-refractivity contribution in [1.82, 2.24) is 10.2 Å². The molecule has 0 aliphatic carbocycles. The molecule has 0 spiro atoms. The molecule has 0 bridgehead atoms. The van der Waals surface area contributed by atoms with E-state index in [1.807, 2.05) is 42.5 Å². The van der Waals surface area contributed by atoms with E-state index in [1.165, 1.54) is 0 Å². The molecule has 35 heavy (non-hydrogen) atoms. The van der Waals surface area contributed by atoms with E-state index >= 15 is 0 Å². The zero-order chi connectivity index (χ0) is 24.6. The molecule has 3 aromatic rings. The lowest BCUT2D eigenvalue weighted by atomic mass is 10.2. The minimum absolute atomic E-state index is 0.211. The smallest absolute Gasteiger partial charge is 0.257 e. The summed E-state index contributed by atoms with van der Waals surface area (Å²) in [5, 5.41) is 3.02. The molecule has 3 aromatic carbocycles. The van der Waals surface area contributed by atoms with Gasteiger partial charge in [-0.3, -0.25) is 10.1 Å². The minimum atomic E-state index is -0.211. The Hall–Kier alpha value is -4.20. The SMILES string of the molecule is COc1ccc(N=C(NC(=O)c2ccccc2)N2CCN(c3ccccc3OC)CC2)cc1OC. The van der Waals surface area contributed by atoms with Gasteiger partial charge in [-0.1, -0.05) is 30.3 Å². The van der Waals surface area contributed by atoms with Crippen LogP contribution >= 0.6 is 0 Å². The second-order valence-electron chi connectivity index (χ2n) is 7.94. The van der Waals surface area contributed by atoms with Crippen LogP contribution in [0.15, 0.2) is 77.8 Å². The zero-order valence-corrected chi connectivity index (χ0v) is 20.2. The molecule has 1 aliphatic heterocycles. The lowest BCUT2D eigenvalue weighted by Crippen LogP contribution is -2.53. The average molecular weight is 475 g/mol. The molecule has 8 nitrogen and oxygen atoms in total. The highest BCUT2D eigenvalue weighted by Gasteiger charge is 2.23. The van der Waals surface area contributed by atoms with E-state index in [2.05, 4.69) is 21.2 Å². The normalized spacial score (nSPS) is 13.9. The van der Waals surface area contributed by atoms with Gasteiger partial charge in [0.05, 0.1) is 32.7 Å². The molecular weight excluding hydrogens is 444 g/mol. The Kier molecular flexibility index (Phi) is 7.72. The van der Waals surface area contributed by atoms with Crippen molar-refractivity contribution in [3.63, 3.8) is 0 Å². The van der Waals surface area contributed by atoms with E-state index in [9.17, 15) is 4.79 Å². The van der Waals surface area contributed by atoms with Gasteiger partial charge in [-0.05, 0) is 36.4 Å². The van der Waals surface area contributed by atoms with Gasteiger partial charge >= 0.3 is 0 Å². The van der Waals surface area contributed by atoms with Crippen LogP contribution in [0.3, 0.4) is 0 Å². The number of carbonyl (C=O) groups excluding carboxylic acids is 1. The summed E-state index contributed by atoms with van der Waals surface area (Å²) in [6, 6.07) is 22.5. The zero-order valence-electron chi connectivity index (χ0n) is 20.2. The molecule has 182 valence electrons. The van der Waals surface area contributed by atoms with Gasteiger partial charge in [0.15, 0.2) is 11.5 Å². The maximum atomic E-state index is 13.0. The summed E-state index contributed by atoms with van der Waals surface area (Å²) < 4.78 is 16.3. The first-order valence-electron chi connectivity index (χ1n) is 11.4. The van der Waals surface area contributed by atoms with E-state index in [4.69, 9.17) is 19.2 Å². The molecule has 1 amide bonds. The minimum Gasteiger partial charge on any atom is -0.495 e. The number of nitrogens with one attached hydrogen (secondary N) is 1. The van der Waals surface area contributed by atoms with Crippen molar-refractivity contribution in [3.8, 4) is 17.2 Å². The first-order chi connectivity index (χ1) is 17.1. The van der Waals surface area contributed by atoms with Crippen LogP contribution in [0, 0.1) is 0 Å². The maximum absolute atomic E-state index is 13.0. The van der Waals surface area contributed by atoms with Crippen LogP contribution in [0.2, 0.25) is 0 Å². The highest BCUT2D eigenvalue weighted by atomic mass is 16.5. The van der Waals surface area contributed by atoms with Crippen molar-refractivity contribution >= 4 is 23.2 Å². The Morgan fingerprint density at radius 2 is 1.43 bits per heavy atom. The lowest BCUT2D eigenvalue weighted by Gasteiger charge is -2.38. The lowest BCUT2D eigenvalue weighted by molar-refractivity contribution is 0.0971. The van der Waals surface area contributed by atoms with Gasteiger partial charge in [-0.2, -0.15) is 0 Å². The second kappa shape index (κ2) is 11.3. The number of para-hydroxylation sites is 2. The summed E-state index contributed by atoms with van der Waals surface area (Å²) in [7, 11) is 4.86.